The van der Waals surface area contributed by atoms with Crippen molar-refractivity contribution in [2.75, 3.05) is 23.4 Å². The van der Waals surface area contributed by atoms with Crippen molar-refractivity contribution >= 4 is 39.5 Å². The van der Waals surface area contributed by atoms with E-state index in [0.29, 0.717) is 6.42 Å². The number of thioether (sulfide) groups is 2. The molecule has 1 aliphatic rings. The molecule has 1 heterocycles. The molecule has 0 bridgehead atoms. The number of aryl methyl sites for hydroxylation is 1. The topological polar surface area (TPSA) is 41.5 Å². The number of nitrogens with one attached hydrogen (secondary N) is 1. The van der Waals surface area contributed by atoms with Crippen LogP contribution in [0.3, 0.4) is 0 Å². The minimum absolute atomic E-state index is 0.0648. The highest BCUT2D eigenvalue weighted by atomic mass is 32.2. The van der Waals surface area contributed by atoms with E-state index in [4.69, 9.17) is 0 Å². The molecule has 1 aromatic rings. The maximum Gasteiger partial charge on any atom is 0.225 e. The Bertz CT molecular complexity index is 443. The highest BCUT2D eigenvalue weighted by Crippen LogP contribution is 2.22. The van der Waals surface area contributed by atoms with Gasteiger partial charge >= 0.3 is 0 Å². The third-order valence-corrected chi connectivity index (χ3v) is 4.70. The maximum atomic E-state index is 11.7. The van der Waals surface area contributed by atoms with E-state index in [1.807, 2.05) is 31.2 Å². The van der Waals surface area contributed by atoms with Crippen molar-refractivity contribution in [3.63, 3.8) is 0 Å². The fourth-order valence-corrected chi connectivity index (χ4v) is 3.51. The lowest BCUT2D eigenvalue weighted by molar-refractivity contribution is -0.115. The Morgan fingerprint density at radius 1 is 1.44 bits per heavy atom. The molecule has 1 N–H and O–H groups in total. The molecule has 1 aliphatic heterocycles. The van der Waals surface area contributed by atoms with Crippen LogP contribution in [0.2, 0.25) is 0 Å². The second-order valence-corrected chi connectivity index (χ2v) is 6.43. The van der Waals surface area contributed by atoms with Gasteiger partial charge in [-0.05, 0) is 19.1 Å². The van der Waals surface area contributed by atoms with Crippen LogP contribution in [0.5, 0.6) is 0 Å². The van der Waals surface area contributed by atoms with Gasteiger partial charge in [0.1, 0.15) is 4.38 Å². The highest BCUT2D eigenvalue weighted by Gasteiger charge is 2.09. The number of benzene rings is 1. The summed E-state index contributed by atoms with van der Waals surface area (Å²) in [5.74, 6) is 1.94. The third kappa shape index (κ3) is 4.38. The summed E-state index contributed by atoms with van der Waals surface area (Å²) in [4.78, 5) is 16.0. The standard InChI is InChI=1S/C13H16N2OS2/c1-10-2-4-11(5-3-10)15-12(16)6-8-17-13-14-7-9-18-13/h2-5H,6-9H2,1H3,(H,15,16). The molecular formula is C13H16N2OS2. The van der Waals surface area contributed by atoms with Gasteiger partial charge in [0.15, 0.2) is 0 Å². The summed E-state index contributed by atoms with van der Waals surface area (Å²) in [6.07, 6.45) is 0.526. The summed E-state index contributed by atoms with van der Waals surface area (Å²) in [6, 6.07) is 7.84. The van der Waals surface area contributed by atoms with Crippen molar-refractivity contribution in [2.45, 2.75) is 13.3 Å². The van der Waals surface area contributed by atoms with Crippen molar-refractivity contribution in [3.05, 3.63) is 29.8 Å². The van der Waals surface area contributed by atoms with Gasteiger partial charge in [0.25, 0.3) is 0 Å². The third-order valence-electron chi connectivity index (χ3n) is 2.45. The zero-order valence-corrected chi connectivity index (χ0v) is 11.9. The quantitative estimate of drug-likeness (QED) is 0.921. The number of rotatable bonds is 4. The normalized spacial score (nSPS) is 14.4. The summed E-state index contributed by atoms with van der Waals surface area (Å²) >= 11 is 3.46. The summed E-state index contributed by atoms with van der Waals surface area (Å²) in [5, 5.41) is 2.90. The zero-order chi connectivity index (χ0) is 12.8. The van der Waals surface area contributed by atoms with Gasteiger partial charge in [0, 0.05) is 23.6 Å². The number of anilines is 1. The number of hydrogen-bond donors (Lipinski definition) is 1. The minimum atomic E-state index is 0.0648. The predicted molar refractivity (Wildman–Crippen MR) is 81.6 cm³/mol. The average Bonchev–Trinajstić information content (AvgIpc) is 2.85. The minimum Gasteiger partial charge on any atom is -0.326 e. The van der Waals surface area contributed by atoms with Gasteiger partial charge in [-0.15, -0.1) is 0 Å². The van der Waals surface area contributed by atoms with Gasteiger partial charge in [0.2, 0.25) is 5.91 Å². The molecule has 0 aliphatic carbocycles. The van der Waals surface area contributed by atoms with Crippen LogP contribution in [0, 0.1) is 6.92 Å². The summed E-state index contributed by atoms with van der Waals surface area (Å²) in [6.45, 7) is 2.95. The molecule has 3 nitrogen and oxygen atoms in total. The Balaban J connectivity index is 1.70. The van der Waals surface area contributed by atoms with Gasteiger partial charge in [-0.25, -0.2) is 0 Å². The van der Waals surface area contributed by atoms with Crippen LogP contribution in [-0.4, -0.2) is 28.3 Å². The average molecular weight is 280 g/mol. The lowest BCUT2D eigenvalue weighted by Gasteiger charge is -2.05. The number of nitrogens with zero attached hydrogens (tertiary/aromatic N) is 1. The molecule has 0 atom stereocenters. The van der Waals surface area contributed by atoms with E-state index in [1.165, 1.54) is 5.56 Å². The van der Waals surface area contributed by atoms with Crippen LogP contribution >= 0.6 is 23.5 Å². The van der Waals surface area contributed by atoms with Crippen LogP contribution in [0.15, 0.2) is 29.3 Å². The SMILES string of the molecule is Cc1ccc(NC(=O)CCSC2=NCCS2)cc1. The van der Waals surface area contributed by atoms with E-state index in [-0.39, 0.29) is 5.91 Å². The van der Waals surface area contributed by atoms with Crippen LogP contribution in [0.1, 0.15) is 12.0 Å². The second kappa shape index (κ2) is 6.85. The van der Waals surface area contributed by atoms with Crippen molar-refractivity contribution < 1.29 is 4.79 Å². The fourth-order valence-electron chi connectivity index (χ4n) is 1.49. The molecule has 0 unspecified atom stereocenters. The Labute approximate surface area is 116 Å². The Hall–Kier alpha value is -0.940. The van der Waals surface area contributed by atoms with Gasteiger partial charge in [-0.1, -0.05) is 41.2 Å². The molecule has 1 amide bonds. The number of carbonyl (C=O) groups excluding carboxylic acids is 1. The molecule has 0 radical (unpaired) electrons. The molecule has 0 aromatic heterocycles. The van der Waals surface area contributed by atoms with Crippen molar-refractivity contribution in [2.24, 2.45) is 4.99 Å². The molecule has 96 valence electrons. The van der Waals surface area contributed by atoms with Gasteiger partial charge < -0.3 is 5.32 Å². The van der Waals surface area contributed by atoms with Gasteiger partial charge in [-0.3, -0.25) is 9.79 Å². The van der Waals surface area contributed by atoms with Crippen molar-refractivity contribution in [3.8, 4) is 0 Å². The Morgan fingerprint density at radius 2 is 2.22 bits per heavy atom. The van der Waals surface area contributed by atoms with Gasteiger partial charge in [0.05, 0.1) is 6.54 Å². The number of carbonyl (C=O) groups is 1. The molecule has 0 saturated heterocycles. The predicted octanol–water partition coefficient (Wildman–Crippen LogP) is 3.16. The summed E-state index contributed by atoms with van der Waals surface area (Å²) in [5.41, 5.74) is 2.06. The lowest BCUT2D eigenvalue weighted by Crippen LogP contribution is -2.12. The molecule has 0 saturated carbocycles. The first-order valence-electron chi connectivity index (χ1n) is 5.90. The first kappa shape index (κ1) is 13.5. The summed E-state index contributed by atoms with van der Waals surface area (Å²) < 4.78 is 1.12. The highest BCUT2D eigenvalue weighted by molar-refractivity contribution is 8.39. The van der Waals surface area contributed by atoms with E-state index >= 15 is 0 Å². The Morgan fingerprint density at radius 3 is 2.89 bits per heavy atom. The van der Waals surface area contributed by atoms with Crippen molar-refractivity contribution in [1.82, 2.24) is 0 Å². The first-order chi connectivity index (χ1) is 8.74. The molecule has 18 heavy (non-hydrogen) atoms. The van der Waals surface area contributed by atoms with E-state index in [2.05, 4.69) is 10.3 Å². The van der Waals surface area contributed by atoms with Crippen molar-refractivity contribution in [1.29, 1.82) is 0 Å². The second-order valence-electron chi connectivity index (χ2n) is 4.01. The van der Waals surface area contributed by atoms with Crippen LogP contribution in [-0.2, 0) is 4.79 Å². The molecule has 5 heteroatoms. The molecule has 1 aromatic carbocycles. The van der Waals surface area contributed by atoms with E-state index in [9.17, 15) is 4.79 Å². The number of amides is 1. The van der Waals surface area contributed by atoms with E-state index in [1.54, 1.807) is 23.5 Å². The number of aliphatic imine (C=N–C) groups is 1. The summed E-state index contributed by atoms with van der Waals surface area (Å²) in [7, 11) is 0. The van der Waals surface area contributed by atoms with E-state index < -0.39 is 0 Å². The first-order valence-corrected chi connectivity index (χ1v) is 7.88. The van der Waals surface area contributed by atoms with Gasteiger partial charge in [-0.2, -0.15) is 0 Å². The smallest absolute Gasteiger partial charge is 0.225 e. The Kier molecular flexibility index (Phi) is 5.13. The monoisotopic (exact) mass is 280 g/mol. The largest absolute Gasteiger partial charge is 0.326 e. The maximum absolute atomic E-state index is 11.7. The fraction of sp³-hybridized carbons (Fsp3) is 0.385. The molecule has 0 fully saturated rings. The zero-order valence-electron chi connectivity index (χ0n) is 10.3. The molecule has 2 rings (SSSR count). The van der Waals surface area contributed by atoms with Crippen LogP contribution in [0.25, 0.3) is 0 Å². The van der Waals surface area contributed by atoms with Crippen LogP contribution < -0.4 is 5.32 Å². The lowest BCUT2D eigenvalue weighted by atomic mass is 10.2. The molecule has 0 spiro atoms. The molecular weight excluding hydrogens is 264 g/mol. The van der Waals surface area contributed by atoms with Crippen LogP contribution in [0.4, 0.5) is 5.69 Å². The van der Waals surface area contributed by atoms with E-state index in [0.717, 1.165) is 28.1 Å². The number of hydrogen-bond acceptors (Lipinski definition) is 4.